The summed E-state index contributed by atoms with van der Waals surface area (Å²) in [7, 11) is -2.44. The first-order chi connectivity index (χ1) is 21.2. The molecule has 0 amide bonds. The zero-order valence-electron chi connectivity index (χ0n) is 25.7. The molecular formula is C32H38ClF3N6O2S. The van der Waals surface area contributed by atoms with Gasteiger partial charge in [0.2, 0.25) is 5.95 Å². The molecule has 242 valence electrons. The van der Waals surface area contributed by atoms with Gasteiger partial charge in [0.25, 0.3) is 10.0 Å². The fourth-order valence-electron chi connectivity index (χ4n) is 5.47. The molecule has 2 N–H and O–H groups in total. The van der Waals surface area contributed by atoms with E-state index in [9.17, 15) is 21.6 Å². The van der Waals surface area contributed by atoms with Crippen molar-refractivity contribution in [3.05, 3.63) is 77.1 Å². The first kappa shape index (κ1) is 34.4. The van der Waals surface area contributed by atoms with Crippen LogP contribution in [0.2, 0.25) is 5.02 Å². The summed E-state index contributed by atoms with van der Waals surface area (Å²) in [4.78, 5) is 15.2. The number of halogens is 4. The number of hydrogen-bond acceptors (Lipinski definition) is 7. The van der Waals surface area contributed by atoms with Crippen LogP contribution in [0.4, 0.5) is 19.1 Å². The minimum atomic E-state index is -4.20. The number of sulfonamides is 1. The number of allylic oxidation sites excluding steroid dienone is 2. The summed E-state index contributed by atoms with van der Waals surface area (Å²) in [5.41, 5.74) is 4.13. The summed E-state index contributed by atoms with van der Waals surface area (Å²) in [6.07, 6.45) is 2.41. The molecule has 0 unspecified atom stereocenters. The third kappa shape index (κ3) is 8.83. The highest BCUT2D eigenvalue weighted by Crippen LogP contribution is 2.30. The van der Waals surface area contributed by atoms with E-state index in [-0.39, 0.29) is 27.8 Å². The van der Waals surface area contributed by atoms with Crippen LogP contribution in [0.15, 0.2) is 70.8 Å². The molecule has 0 bridgehead atoms. The van der Waals surface area contributed by atoms with Crippen LogP contribution in [0.25, 0.3) is 16.5 Å². The van der Waals surface area contributed by atoms with Gasteiger partial charge >= 0.3 is 6.18 Å². The SMILES string of the molecule is C=C/C(=N\C(C)=C(/C)c1cc(CC)c2nc(N[C@H]3CC[C@H](N(C)CC(F)(F)F)CC3)ncc2c1)NS(=O)(=O)c1ccccc1Cl. The Hall–Kier alpha value is -3.48. The second-order valence-corrected chi connectivity index (χ2v) is 13.3. The maximum atomic E-state index is 12.9. The summed E-state index contributed by atoms with van der Waals surface area (Å²) in [5.74, 6) is 0.551. The van der Waals surface area contributed by atoms with Gasteiger partial charge in [0, 0.05) is 29.4 Å². The first-order valence-electron chi connectivity index (χ1n) is 14.7. The number of fused-ring (bicyclic) bond motifs is 1. The van der Waals surface area contributed by atoms with Crippen molar-refractivity contribution in [2.45, 2.75) is 76.0 Å². The van der Waals surface area contributed by atoms with E-state index in [1.54, 1.807) is 25.3 Å². The van der Waals surface area contributed by atoms with Crippen molar-refractivity contribution in [2.75, 3.05) is 18.9 Å². The van der Waals surface area contributed by atoms with Crippen molar-refractivity contribution in [3.8, 4) is 0 Å². The van der Waals surface area contributed by atoms with Gasteiger partial charge < -0.3 is 5.32 Å². The quantitative estimate of drug-likeness (QED) is 0.174. The van der Waals surface area contributed by atoms with Crippen LogP contribution < -0.4 is 10.0 Å². The summed E-state index contributed by atoms with van der Waals surface area (Å²) in [6.45, 7) is 8.54. The number of nitrogens with one attached hydrogen (secondary N) is 2. The topological polar surface area (TPSA) is 99.6 Å². The third-order valence-electron chi connectivity index (χ3n) is 8.05. The molecule has 3 aromatic rings. The molecule has 45 heavy (non-hydrogen) atoms. The molecule has 0 radical (unpaired) electrons. The van der Waals surface area contributed by atoms with E-state index in [2.05, 4.69) is 26.6 Å². The van der Waals surface area contributed by atoms with E-state index in [4.69, 9.17) is 16.6 Å². The van der Waals surface area contributed by atoms with Crippen molar-refractivity contribution in [3.63, 3.8) is 0 Å². The molecular weight excluding hydrogens is 625 g/mol. The average Bonchev–Trinajstić information content (AvgIpc) is 2.99. The van der Waals surface area contributed by atoms with Gasteiger partial charge in [-0.1, -0.05) is 37.2 Å². The Kier molecular flexibility index (Phi) is 10.9. The fraction of sp³-hybridized carbons (Fsp3) is 0.406. The Morgan fingerprint density at radius 3 is 2.49 bits per heavy atom. The maximum absolute atomic E-state index is 12.9. The molecule has 1 saturated carbocycles. The molecule has 0 atom stereocenters. The zero-order valence-corrected chi connectivity index (χ0v) is 27.3. The van der Waals surface area contributed by atoms with Crippen molar-refractivity contribution in [1.29, 1.82) is 0 Å². The third-order valence-corrected chi connectivity index (χ3v) is 9.90. The Morgan fingerprint density at radius 2 is 1.87 bits per heavy atom. The normalized spacial score (nSPS) is 18.6. The number of nitrogens with zero attached hydrogens (tertiary/aromatic N) is 4. The summed E-state index contributed by atoms with van der Waals surface area (Å²) >= 11 is 6.10. The van der Waals surface area contributed by atoms with Crippen LogP contribution in [-0.2, 0) is 16.4 Å². The molecule has 1 heterocycles. The summed E-state index contributed by atoms with van der Waals surface area (Å²) in [5, 5.41) is 4.32. The van der Waals surface area contributed by atoms with Gasteiger partial charge in [-0.3, -0.25) is 9.62 Å². The molecule has 0 aliphatic heterocycles. The van der Waals surface area contributed by atoms with Gasteiger partial charge in [0.1, 0.15) is 10.7 Å². The summed E-state index contributed by atoms with van der Waals surface area (Å²) < 4.78 is 66.7. The lowest BCUT2D eigenvalue weighted by atomic mass is 9.90. The number of amidine groups is 1. The lowest BCUT2D eigenvalue weighted by molar-refractivity contribution is -0.148. The molecule has 1 aromatic heterocycles. The fourth-order valence-corrected chi connectivity index (χ4v) is 7.01. The molecule has 8 nitrogen and oxygen atoms in total. The van der Waals surface area contributed by atoms with Gasteiger partial charge in [-0.15, -0.1) is 0 Å². The number of aromatic nitrogens is 2. The lowest BCUT2D eigenvalue weighted by Gasteiger charge is -2.35. The number of benzene rings is 2. The number of hydrogen-bond donors (Lipinski definition) is 2. The smallest absolute Gasteiger partial charge is 0.351 e. The van der Waals surface area contributed by atoms with Gasteiger partial charge in [0.15, 0.2) is 0 Å². The molecule has 0 saturated heterocycles. The van der Waals surface area contributed by atoms with E-state index in [0.717, 1.165) is 40.4 Å². The van der Waals surface area contributed by atoms with Crippen molar-refractivity contribution >= 4 is 49.9 Å². The second-order valence-electron chi connectivity index (χ2n) is 11.2. The molecule has 4 rings (SSSR count). The van der Waals surface area contributed by atoms with Gasteiger partial charge in [-0.2, -0.15) is 13.2 Å². The van der Waals surface area contributed by atoms with Gasteiger partial charge in [-0.05, 0) is 100 Å². The molecule has 0 spiro atoms. The van der Waals surface area contributed by atoms with Crippen molar-refractivity contribution < 1.29 is 21.6 Å². The Labute approximate surface area is 267 Å². The average molecular weight is 663 g/mol. The van der Waals surface area contributed by atoms with Crippen LogP contribution in [0.3, 0.4) is 0 Å². The largest absolute Gasteiger partial charge is 0.401 e. The predicted octanol–water partition coefficient (Wildman–Crippen LogP) is 7.38. The standard InChI is InChI=1S/C32H38ClF3N6O2S/c1-6-22-16-23(20(3)21(4)38-29(7-2)41-45(43,44)28-11-9-8-10-27(28)33)17-24-18-37-31(40-30(22)24)39-25-12-14-26(15-13-25)42(5)19-32(34,35)36/h7-11,16-18,25-26H,2,6,12-15,19H2,1,3-5H3,(H,38,41)(H,37,39,40)/b21-20+/t25-,26-. The highest BCUT2D eigenvalue weighted by atomic mass is 35.5. The number of rotatable bonds is 10. The van der Waals surface area contributed by atoms with E-state index in [0.29, 0.717) is 30.9 Å². The van der Waals surface area contributed by atoms with E-state index in [1.165, 1.54) is 30.2 Å². The second kappa shape index (κ2) is 14.3. The van der Waals surface area contributed by atoms with Crippen LogP contribution in [0.1, 0.15) is 57.6 Å². The van der Waals surface area contributed by atoms with Gasteiger partial charge in [-0.25, -0.2) is 23.4 Å². The van der Waals surface area contributed by atoms with E-state index in [1.807, 2.05) is 26.0 Å². The molecule has 1 aliphatic rings. The predicted molar refractivity (Wildman–Crippen MR) is 175 cm³/mol. The number of aliphatic imine (C=N–C) groups is 1. The van der Waals surface area contributed by atoms with Crippen molar-refractivity contribution in [1.82, 2.24) is 19.6 Å². The minimum absolute atomic E-state index is 0.0586. The first-order valence-corrected chi connectivity index (χ1v) is 16.6. The highest BCUT2D eigenvalue weighted by Gasteiger charge is 2.33. The number of anilines is 1. The monoisotopic (exact) mass is 662 g/mol. The Balaban J connectivity index is 1.51. The maximum Gasteiger partial charge on any atom is 0.401 e. The number of alkyl halides is 3. The van der Waals surface area contributed by atoms with Crippen LogP contribution in [0.5, 0.6) is 0 Å². The molecule has 13 heteroatoms. The minimum Gasteiger partial charge on any atom is -0.351 e. The van der Waals surface area contributed by atoms with Crippen LogP contribution in [-0.4, -0.2) is 61.0 Å². The summed E-state index contributed by atoms with van der Waals surface area (Å²) in [6, 6.07) is 10.1. The van der Waals surface area contributed by atoms with E-state index >= 15 is 0 Å². The van der Waals surface area contributed by atoms with Gasteiger partial charge in [0.05, 0.1) is 17.1 Å². The highest BCUT2D eigenvalue weighted by molar-refractivity contribution is 7.90. The molecule has 1 aliphatic carbocycles. The van der Waals surface area contributed by atoms with Crippen LogP contribution in [0, 0.1) is 0 Å². The Bertz CT molecular complexity index is 1720. The molecule has 1 fully saturated rings. The van der Waals surface area contributed by atoms with Crippen molar-refractivity contribution in [2.24, 2.45) is 4.99 Å². The Morgan fingerprint density at radius 1 is 1.18 bits per heavy atom. The van der Waals surface area contributed by atoms with E-state index < -0.39 is 22.7 Å². The molecule has 2 aromatic carbocycles. The zero-order chi connectivity index (χ0) is 32.9. The number of aryl methyl sites for hydroxylation is 1. The lowest BCUT2D eigenvalue weighted by Crippen LogP contribution is -2.42. The van der Waals surface area contributed by atoms with Crippen LogP contribution >= 0.6 is 11.6 Å².